The van der Waals surface area contributed by atoms with E-state index in [1.807, 2.05) is 40.1 Å². The van der Waals surface area contributed by atoms with Crippen LogP contribution in [0, 0.1) is 18.3 Å². The molecule has 0 aliphatic carbocycles. The Labute approximate surface area is 141 Å². The summed E-state index contributed by atoms with van der Waals surface area (Å²) in [6, 6.07) is 6.38. The maximum absolute atomic E-state index is 12.3. The maximum Gasteiger partial charge on any atom is 0.319 e. The molecule has 1 atom stereocenters. The fourth-order valence-electron chi connectivity index (χ4n) is 2.45. The molecule has 1 aromatic carbocycles. The summed E-state index contributed by atoms with van der Waals surface area (Å²) in [6.45, 7) is 6.11. The molecule has 0 aliphatic heterocycles. The Morgan fingerprint density at radius 2 is 2.25 bits per heavy atom. The van der Waals surface area contributed by atoms with Gasteiger partial charge in [-0.25, -0.2) is 4.79 Å². The van der Waals surface area contributed by atoms with Crippen molar-refractivity contribution in [2.75, 3.05) is 11.9 Å². The van der Waals surface area contributed by atoms with Crippen molar-refractivity contribution in [3.05, 3.63) is 41.2 Å². The minimum absolute atomic E-state index is 0.201. The van der Waals surface area contributed by atoms with Crippen molar-refractivity contribution in [1.29, 1.82) is 5.26 Å². The summed E-state index contributed by atoms with van der Waals surface area (Å²) < 4.78 is 7.20. The number of urea groups is 1. The van der Waals surface area contributed by atoms with Gasteiger partial charge in [0, 0.05) is 18.8 Å². The van der Waals surface area contributed by atoms with Crippen molar-refractivity contribution in [2.24, 2.45) is 7.05 Å². The quantitative estimate of drug-likeness (QED) is 0.883. The number of anilines is 1. The van der Waals surface area contributed by atoms with Gasteiger partial charge in [0.1, 0.15) is 5.75 Å². The highest BCUT2D eigenvalue weighted by atomic mass is 16.5. The second-order valence-electron chi connectivity index (χ2n) is 5.42. The van der Waals surface area contributed by atoms with Crippen LogP contribution in [0.5, 0.6) is 5.75 Å². The SMILES string of the molecule is CCOc1ccc(C#N)cc1NC(=O)N[C@@H](C)c1cn(C)nc1C. The Morgan fingerprint density at radius 1 is 1.50 bits per heavy atom. The molecule has 2 amide bonds. The number of nitrogens with zero attached hydrogens (tertiary/aromatic N) is 3. The van der Waals surface area contributed by atoms with Crippen LogP contribution in [0.15, 0.2) is 24.4 Å². The molecule has 0 spiro atoms. The van der Waals surface area contributed by atoms with E-state index in [-0.39, 0.29) is 12.1 Å². The Hall–Kier alpha value is -3.01. The lowest BCUT2D eigenvalue weighted by atomic mass is 10.1. The van der Waals surface area contributed by atoms with Crippen LogP contribution < -0.4 is 15.4 Å². The van der Waals surface area contributed by atoms with Crippen LogP contribution >= 0.6 is 0 Å². The average molecular weight is 327 g/mol. The van der Waals surface area contributed by atoms with Gasteiger partial charge in [-0.3, -0.25) is 4.68 Å². The largest absolute Gasteiger partial charge is 0.492 e. The first-order chi connectivity index (χ1) is 11.4. The van der Waals surface area contributed by atoms with E-state index in [0.29, 0.717) is 23.6 Å². The molecule has 1 aromatic heterocycles. The van der Waals surface area contributed by atoms with Gasteiger partial charge in [0.15, 0.2) is 0 Å². The van der Waals surface area contributed by atoms with Crippen molar-refractivity contribution in [3.8, 4) is 11.8 Å². The van der Waals surface area contributed by atoms with Gasteiger partial charge in [0.05, 0.1) is 35.7 Å². The molecule has 1 heterocycles. The van der Waals surface area contributed by atoms with Gasteiger partial charge in [-0.1, -0.05) is 0 Å². The fraction of sp³-hybridized carbons (Fsp3) is 0.353. The first kappa shape index (κ1) is 17.3. The Bertz CT molecular complexity index is 776. The van der Waals surface area contributed by atoms with Crippen molar-refractivity contribution in [2.45, 2.75) is 26.8 Å². The van der Waals surface area contributed by atoms with Crippen molar-refractivity contribution in [1.82, 2.24) is 15.1 Å². The summed E-state index contributed by atoms with van der Waals surface area (Å²) in [7, 11) is 1.84. The summed E-state index contributed by atoms with van der Waals surface area (Å²) >= 11 is 0. The molecule has 0 radical (unpaired) electrons. The molecule has 126 valence electrons. The molecule has 0 saturated carbocycles. The van der Waals surface area contributed by atoms with E-state index < -0.39 is 0 Å². The normalized spacial score (nSPS) is 11.5. The second kappa shape index (κ2) is 7.51. The molecular formula is C17H21N5O2. The van der Waals surface area contributed by atoms with Gasteiger partial charge in [0.2, 0.25) is 0 Å². The maximum atomic E-state index is 12.3. The number of amides is 2. The van der Waals surface area contributed by atoms with Crippen molar-refractivity contribution in [3.63, 3.8) is 0 Å². The highest BCUT2D eigenvalue weighted by molar-refractivity contribution is 5.91. The third kappa shape index (κ3) is 4.04. The molecule has 2 aromatic rings. The first-order valence-electron chi connectivity index (χ1n) is 7.69. The number of aryl methyl sites for hydroxylation is 2. The summed E-state index contributed by atoms with van der Waals surface area (Å²) in [4.78, 5) is 12.3. The molecule has 0 unspecified atom stereocenters. The summed E-state index contributed by atoms with van der Waals surface area (Å²) in [6.07, 6.45) is 1.88. The number of benzene rings is 1. The molecule has 7 heteroatoms. The molecule has 2 N–H and O–H groups in total. The third-order valence-electron chi connectivity index (χ3n) is 3.52. The number of carbonyl (C=O) groups is 1. The molecular weight excluding hydrogens is 306 g/mol. The number of ether oxygens (including phenoxy) is 1. The second-order valence-corrected chi connectivity index (χ2v) is 5.42. The topological polar surface area (TPSA) is 92.0 Å². The number of nitriles is 1. The third-order valence-corrected chi connectivity index (χ3v) is 3.52. The molecule has 0 bridgehead atoms. The number of rotatable bonds is 5. The fourth-order valence-corrected chi connectivity index (χ4v) is 2.45. The Kier molecular flexibility index (Phi) is 5.42. The minimum Gasteiger partial charge on any atom is -0.492 e. The molecule has 24 heavy (non-hydrogen) atoms. The number of hydrogen-bond acceptors (Lipinski definition) is 4. The van der Waals surface area contributed by atoms with Crippen molar-refractivity contribution >= 4 is 11.7 Å². The van der Waals surface area contributed by atoms with Gasteiger partial charge in [0.25, 0.3) is 0 Å². The monoisotopic (exact) mass is 327 g/mol. The highest BCUT2D eigenvalue weighted by Gasteiger charge is 2.15. The minimum atomic E-state index is -0.373. The number of aromatic nitrogens is 2. The zero-order valence-corrected chi connectivity index (χ0v) is 14.3. The summed E-state index contributed by atoms with van der Waals surface area (Å²) in [5.74, 6) is 0.525. The van der Waals surface area contributed by atoms with Crippen LogP contribution in [-0.4, -0.2) is 22.4 Å². The molecule has 0 saturated heterocycles. The lowest BCUT2D eigenvalue weighted by Crippen LogP contribution is -2.31. The van der Waals surface area contributed by atoms with Gasteiger partial charge < -0.3 is 15.4 Å². The van der Waals surface area contributed by atoms with Crippen molar-refractivity contribution < 1.29 is 9.53 Å². The van der Waals surface area contributed by atoms with Gasteiger partial charge in [-0.05, 0) is 39.0 Å². The zero-order chi connectivity index (χ0) is 17.7. The van der Waals surface area contributed by atoms with E-state index in [9.17, 15) is 4.79 Å². The predicted molar refractivity (Wildman–Crippen MR) is 90.8 cm³/mol. The zero-order valence-electron chi connectivity index (χ0n) is 14.3. The Morgan fingerprint density at radius 3 is 2.83 bits per heavy atom. The van der Waals surface area contributed by atoms with Gasteiger partial charge in [-0.2, -0.15) is 10.4 Å². The number of nitrogens with one attached hydrogen (secondary N) is 2. The van der Waals surface area contributed by atoms with E-state index in [1.54, 1.807) is 22.9 Å². The first-order valence-corrected chi connectivity index (χ1v) is 7.69. The lowest BCUT2D eigenvalue weighted by Gasteiger charge is -2.16. The van der Waals surface area contributed by atoms with Crippen LogP contribution in [0.4, 0.5) is 10.5 Å². The van der Waals surface area contributed by atoms with Crippen LogP contribution in [0.3, 0.4) is 0 Å². The molecule has 2 rings (SSSR count). The van der Waals surface area contributed by atoms with E-state index in [4.69, 9.17) is 10.00 Å². The van der Waals surface area contributed by atoms with E-state index in [1.165, 1.54) is 0 Å². The standard InChI is InChI=1S/C17H21N5O2/c1-5-24-16-7-6-13(9-18)8-15(16)20-17(23)19-11(2)14-10-22(4)21-12(14)3/h6-8,10-11H,5H2,1-4H3,(H2,19,20,23)/t11-/m0/s1. The highest BCUT2D eigenvalue weighted by Crippen LogP contribution is 2.26. The average Bonchev–Trinajstić information content (AvgIpc) is 2.87. The predicted octanol–water partition coefficient (Wildman–Crippen LogP) is 2.88. The summed E-state index contributed by atoms with van der Waals surface area (Å²) in [5, 5.41) is 18.9. The Balaban J connectivity index is 2.11. The van der Waals surface area contributed by atoms with Crippen LogP contribution in [0.1, 0.15) is 36.7 Å². The van der Waals surface area contributed by atoms with E-state index >= 15 is 0 Å². The van der Waals surface area contributed by atoms with Gasteiger partial charge >= 0.3 is 6.03 Å². The molecule has 0 aliphatic rings. The number of hydrogen-bond donors (Lipinski definition) is 2. The molecule has 7 nitrogen and oxygen atoms in total. The summed E-state index contributed by atoms with van der Waals surface area (Å²) in [5.41, 5.74) is 2.73. The lowest BCUT2D eigenvalue weighted by molar-refractivity contribution is 0.249. The molecule has 0 fully saturated rings. The van der Waals surface area contributed by atoms with E-state index in [0.717, 1.165) is 11.3 Å². The smallest absolute Gasteiger partial charge is 0.319 e. The van der Waals surface area contributed by atoms with Crippen LogP contribution in [0.25, 0.3) is 0 Å². The van der Waals surface area contributed by atoms with E-state index in [2.05, 4.69) is 15.7 Å². The number of carbonyl (C=O) groups excluding carboxylic acids is 1. The van der Waals surface area contributed by atoms with Crippen LogP contribution in [-0.2, 0) is 7.05 Å². The van der Waals surface area contributed by atoms with Crippen LogP contribution in [0.2, 0.25) is 0 Å². The van der Waals surface area contributed by atoms with Gasteiger partial charge in [-0.15, -0.1) is 0 Å².